The molecular formula is C15H22N2O3S. The van der Waals surface area contributed by atoms with Gasteiger partial charge in [-0.3, -0.25) is 4.79 Å². The van der Waals surface area contributed by atoms with Crippen molar-refractivity contribution in [2.24, 2.45) is 0 Å². The predicted molar refractivity (Wildman–Crippen MR) is 81.8 cm³/mol. The number of anilines is 1. The third kappa shape index (κ3) is 3.74. The van der Waals surface area contributed by atoms with E-state index in [1.54, 1.807) is 11.3 Å². The molecule has 2 heterocycles. The molecule has 21 heavy (non-hydrogen) atoms. The molecule has 0 spiro atoms. The second-order valence-electron chi connectivity index (χ2n) is 5.73. The first kappa shape index (κ1) is 14.8. The molecule has 116 valence electrons. The highest BCUT2D eigenvalue weighted by atomic mass is 32.1. The lowest BCUT2D eigenvalue weighted by Crippen LogP contribution is -2.30. The number of thiazole rings is 1. The molecule has 1 aliphatic carbocycles. The van der Waals surface area contributed by atoms with Gasteiger partial charge in [-0.1, -0.05) is 0 Å². The Kier molecular flexibility index (Phi) is 4.75. The van der Waals surface area contributed by atoms with Crippen molar-refractivity contribution in [2.75, 3.05) is 25.1 Å². The van der Waals surface area contributed by atoms with Crippen LogP contribution in [0.25, 0.3) is 0 Å². The van der Waals surface area contributed by atoms with E-state index < -0.39 is 0 Å². The Labute approximate surface area is 129 Å². The van der Waals surface area contributed by atoms with Crippen molar-refractivity contribution in [1.82, 2.24) is 4.98 Å². The Hall–Kier alpha value is -1.14. The summed E-state index contributed by atoms with van der Waals surface area (Å²) < 4.78 is 10.7. The Balaban J connectivity index is 1.48. The summed E-state index contributed by atoms with van der Waals surface area (Å²) in [4.78, 5) is 19.1. The van der Waals surface area contributed by atoms with Crippen LogP contribution in [0.2, 0.25) is 0 Å². The summed E-state index contributed by atoms with van der Waals surface area (Å²) >= 11 is 1.67. The molecule has 5 nitrogen and oxygen atoms in total. The normalized spacial score (nSPS) is 22.3. The molecule has 0 amide bonds. The Morgan fingerprint density at radius 3 is 3.00 bits per heavy atom. The van der Waals surface area contributed by atoms with Crippen molar-refractivity contribution in [3.8, 4) is 0 Å². The number of rotatable bonds is 6. The van der Waals surface area contributed by atoms with E-state index in [0.29, 0.717) is 25.0 Å². The number of hydrogen-bond acceptors (Lipinski definition) is 6. The molecule has 0 radical (unpaired) electrons. The van der Waals surface area contributed by atoms with Gasteiger partial charge in [0.15, 0.2) is 5.13 Å². The quantitative estimate of drug-likeness (QED) is 0.755. The highest BCUT2D eigenvalue weighted by Gasteiger charge is 2.29. The third-order valence-electron chi connectivity index (χ3n) is 4.20. The van der Waals surface area contributed by atoms with Gasteiger partial charge in [0, 0.05) is 24.2 Å². The number of aryl methyl sites for hydroxylation is 1. The molecule has 0 unspecified atom stereocenters. The van der Waals surface area contributed by atoms with E-state index in [2.05, 4.69) is 14.6 Å². The molecule has 1 aromatic heterocycles. The average Bonchev–Trinajstić information content (AvgIpc) is 3.09. The fourth-order valence-electron chi connectivity index (χ4n) is 2.68. The summed E-state index contributed by atoms with van der Waals surface area (Å²) in [5, 5.41) is 1.05. The maximum absolute atomic E-state index is 11.2. The van der Waals surface area contributed by atoms with Gasteiger partial charge < -0.3 is 14.4 Å². The largest absolute Gasteiger partial charge is 0.469 e. The van der Waals surface area contributed by atoms with Crippen LogP contribution in [0.3, 0.4) is 0 Å². The fraction of sp³-hybridized carbons (Fsp3) is 0.733. The number of esters is 1. The van der Waals surface area contributed by atoms with E-state index in [0.717, 1.165) is 29.5 Å². The van der Waals surface area contributed by atoms with Gasteiger partial charge in [-0.2, -0.15) is 0 Å². The molecule has 0 aromatic carbocycles. The van der Waals surface area contributed by atoms with Crippen LogP contribution >= 0.6 is 11.3 Å². The minimum Gasteiger partial charge on any atom is -0.469 e. The SMILES string of the molecule is COC(=O)CCc1cnc(N2CC[C@H](OC3CCC3)C2)s1. The van der Waals surface area contributed by atoms with Crippen LogP contribution in [0.15, 0.2) is 6.20 Å². The first-order valence-corrected chi connectivity index (χ1v) is 8.48. The Morgan fingerprint density at radius 1 is 1.43 bits per heavy atom. The second kappa shape index (κ2) is 6.75. The third-order valence-corrected chi connectivity index (χ3v) is 5.32. The smallest absolute Gasteiger partial charge is 0.305 e. The predicted octanol–water partition coefficient (Wildman–Crippen LogP) is 2.40. The van der Waals surface area contributed by atoms with Gasteiger partial charge in [0.25, 0.3) is 0 Å². The second-order valence-corrected chi connectivity index (χ2v) is 6.82. The van der Waals surface area contributed by atoms with E-state index in [4.69, 9.17) is 4.74 Å². The lowest BCUT2D eigenvalue weighted by molar-refractivity contribution is -0.140. The van der Waals surface area contributed by atoms with Crippen molar-refractivity contribution in [3.05, 3.63) is 11.1 Å². The van der Waals surface area contributed by atoms with Crippen LogP contribution in [-0.2, 0) is 20.7 Å². The van der Waals surface area contributed by atoms with Crippen LogP contribution < -0.4 is 4.90 Å². The molecular weight excluding hydrogens is 288 g/mol. The van der Waals surface area contributed by atoms with Crippen molar-refractivity contribution >= 4 is 22.4 Å². The highest BCUT2D eigenvalue weighted by Crippen LogP contribution is 2.30. The number of methoxy groups -OCH3 is 1. The molecule has 1 aromatic rings. The minimum atomic E-state index is -0.167. The van der Waals surface area contributed by atoms with Crippen LogP contribution in [0.1, 0.15) is 37.0 Å². The van der Waals surface area contributed by atoms with Gasteiger partial charge in [0.1, 0.15) is 0 Å². The lowest BCUT2D eigenvalue weighted by Gasteiger charge is -2.28. The monoisotopic (exact) mass is 310 g/mol. The van der Waals surface area contributed by atoms with E-state index in [1.807, 2.05) is 6.20 Å². The number of nitrogens with zero attached hydrogens (tertiary/aromatic N) is 2. The number of ether oxygens (including phenoxy) is 2. The van der Waals surface area contributed by atoms with E-state index in [-0.39, 0.29) is 5.97 Å². The number of hydrogen-bond donors (Lipinski definition) is 0. The summed E-state index contributed by atoms with van der Waals surface area (Å²) in [7, 11) is 1.42. The number of carbonyl (C=O) groups excluding carboxylic acids is 1. The molecule has 0 bridgehead atoms. The topological polar surface area (TPSA) is 51.7 Å². The summed E-state index contributed by atoms with van der Waals surface area (Å²) in [5.74, 6) is -0.167. The minimum absolute atomic E-state index is 0.167. The van der Waals surface area contributed by atoms with Gasteiger partial charge >= 0.3 is 5.97 Å². The standard InChI is InChI=1S/C15H22N2O3S/c1-19-14(18)6-5-13-9-16-15(21-13)17-8-7-12(10-17)20-11-3-2-4-11/h9,11-12H,2-8,10H2,1H3/t12-/m0/s1. The van der Waals surface area contributed by atoms with Crippen molar-refractivity contribution < 1.29 is 14.3 Å². The van der Waals surface area contributed by atoms with Crippen molar-refractivity contribution in [3.63, 3.8) is 0 Å². The maximum atomic E-state index is 11.2. The Morgan fingerprint density at radius 2 is 2.29 bits per heavy atom. The van der Waals surface area contributed by atoms with Gasteiger partial charge in [-0.05, 0) is 32.1 Å². The molecule has 2 aliphatic rings. The molecule has 1 aliphatic heterocycles. The van der Waals surface area contributed by atoms with E-state index >= 15 is 0 Å². The summed E-state index contributed by atoms with van der Waals surface area (Å²) in [6.07, 6.45) is 8.73. The molecule has 1 saturated heterocycles. The van der Waals surface area contributed by atoms with E-state index in [1.165, 1.54) is 26.4 Å². The zero-order valence-corrected chi connectivity index (χ0v) is 13.2. The van der Waals surface area contributed by atoms with Gasteiger partial charge in [0.05, 0.1) is 25.7 Å². The van der Waals surface area contributed by atoms with E-state index in [9.17, 15) is 4.79 Å². The summed E-state index contributed by atoms with van der Waals surface area (Å²) in [6.45, 7) is 1.96. The Bertz CT molecular complexity index is 487. The van der Waals surface area contributed by atoms with Crippen LogP contribution in [0, 0.1) is 0 Å². The first-order chi connectivity index (χ1) is 10.2. The fourth-order valence-corrected chi connectivity index (χ4v) is 3.62. The van der Waals surface area contributed by atoms with Crippen LogP contribution in [0.5, 0.6) is 0 Å². The molecule has 6 heteroatoms. The summed E-state index contributed by atoms with van der Waals surface area (Å²) in [5.41, 5.74) is 0. The molecule has 3 rings (SSSR count). The summed E-state index contributed by atoms with van der Waals surface area (Å²) in [6, 6.07) is 0. The molecule has 2 fully saturated rings. The molecule has 1 atom stereocenters. The molecule has 1 saturated carbocycles. The van der Waals surface area contributed by atoms with Gasteiger partial charge in [0.2, 0.25) is 0 Å². The van der Waals surface area contributed by atoms with Crippen LogP contribution in [0.4, 0.5) is 5.13 Å². The van der Waals surface area contributed by atoms with Crippen molar-refractivity contribution in [2.45, 2.75) is 50.7 Å². The van der Waals surface area contributed by atoms with Crippen molar-refractivity contribution in [1.29, 1.82) is 0 Å². The first-order valence-electron chi connectivity index (χ1n) is 7.66. The maximum Gasteiger partial charge on any atom is 0.305 e. The van der Waals surface area contributed by atoms with Gasteiger partial charge in [-0.25, -0.2) is 4.98 Å². The lowest BCUT2D eigenvalue weighted by atomic mass is 9.96. The number of carbonyl (C=O) groups is 1. The van der Waals surface area contributed by atoms with Crippen LogP contribution in [-0.4, -0.2) is 43.4 Å². The zero-order chi connectivity index (χ0) is 14.7. The highest BCUT2D eigenvalue weighted by molar-refractivity contribution is 7.15. The molecule has 0 N–H and O–H groups in total. The average molecular weight is 310 g/mol. The zero-order valence-electron chi connectivity index (χ0n) is 12.4. The number of aromatic nitrogens is 1. The van der Waals surface area contributed by atoms with Gasteiger partial charge in [-0.15, -0.1) is 11.3 Å².